The Labute approximate surface area is 177 Å². The van der Waals surface area contributed by atoms with E-state index in [2.05, 4.69) is 21.2 Å². The molecule has 0 radical (unpaired) electrons. The fraction of sp³-hybridized carbons (Fsp3) is 0.389. The maximum Gasteiger partial charge on any atom is 0.317 e. The summed E-state index contributed by atoms with van der Waals surface area (Å²) in [5.41, 5.74) is 0. The first-order chi connectivity index (χ1) is 13.4. The van der Waals surface area contributed by atoms with Crippen molar-refractivity contribution < 1.29 is 17.9 Å². The number of benzene rings is 1. The normalized spacial score (nSPS) is 15.4. The fourth-order valence-corrected chi connectivity index (χ4v) is 5.82. The SMILES string of the molecule is COc1ccc(S(=O)(=O)N2CCN(C(=O)NCCc3ccc(Br)s3)CC2)cc1. The number of nitrogens with zero attached hydrogens (tertiary/aromatic N) is 2. The summed E-state index contributed by atoms with van der Waals surface area (Å²) in [7, 11) is -2.04. The maximum absolute atomic E-state index is 12.8. The second-order valence-corrected chi connectivity index (χ2v) is 10.7. The Morgan fingerprint density at radius 3 is 2.39 bits per heavy atom. The largest absolute Gasteiger partial charge is 0.497 e. The minimum atomic E-state index is -3.57. The maximum atomic E-state index is 12.8. The first-order valence-corrected chi connectivity index (χ1v) is 11.9. The van der Waals surface area contributed by atoms with Gasteiger partial charge in [0.1, 0.15) is 5.75 Å². The third-order valence-corrected chi connectivity index (χ3v) is 8.10. The Morgan fingerprint density at radius 1 is 1.14 bits per heavy atom. The second-order valence-electron chi connectivity index (χ2n) is 6.25. The fourth-order valence-electron chi connectivity index (χ4n) is 2.92. The predicted molar refractivity (Wildman–Crippen MR) is 112 cm³/mol. The molecule has 1 N–H and O–H groups in total. The molecular formula is C18H22BrN3O4S2. The van der Waals surface area contributed by atoms with E-state index in [4.69, 9.17) is 4.74 Å². The van der Waals surface area contributed by atoms with Crippen LogP contribution in [0.4, 0.5) is 4.79 Å². The van der Waals surface area contributed by atoms with Crippen molar-refractivity contribution in [2.45, 2.75) is 11.3 Å². The van der Waals surface area contributed by atoms with Gasteiger partial charge in [0.25, 0.3) is 0 Å². The van der Waals surface area contributed by atoms with Crippen LogP contribution < -0.4 is 10.1 Å². The van der Waals surface area contributed by atoms with E-state index in [9.17, 15) is 13.2 Å². The Hall–Kier alpha value is -1.62. The van der Waals surface area contributed by atoms with Crippen molar-refractivity contribution in [3.8, 4) is 5.75 Å². The van der Waals surface area contributed by atoms with Crippen LogP contribution in [0.3, 0.4) is 0 Å². The number of thiophene rings is 1. The highest BCUT2D eigenvalue weighted by atomic mass is 79.9. The number of rotatable bonds is 6. The molecule has 0 atom stereocenters. The average Bonchev–Trinajstić information content (AvgIpc) is 3.13. The van der Waals surface area contributed by atoms with Crippen molar-refractivity contribution >= 4 is 43.3 Å². The van der Waals surface area contributed by atoms with Gasteiger partial charge in [-0.2, -0.15) is 4.31 Å². The average molecular weight is 488 g/mol. The van der Waals surface area contributed by atoms with Crippen LogP contribution in [0, 0.1) is 0 Å². The number of carbonyl (C=O) groups excluding carboxylic acids is 1. The van der Waals surface area contributed by atoms with E-state index >= 15 is 0 Å². The van der Waals surface area contributed by atoms with Crippen LogP contribution >= 0.6 is 27.3 Å². The number of amides is 2. The molecule has 1 aliphatic heterocycles. The highest BCUT2D eigenvalue weighted by Crippen LogP contribution is 2.22. The van der Waals surface area contributed by atoms with E-state index in [0.717, 1.165) is 10.2 Å². The second kappa shape index (κ2) is 9.25. The van der Waals surface area contributed by atoms with Gasteiger partial charge in [-0.1, -0.05) is 0 Å². The van der Waals surface area contributed by atoms with Crippen molar-refractivity contribution in [2.75, 3.05) is 39.8 Å². The summed E-state index contributed by atoms with van der Waals surface area (Å²) in [6.45, 7) is 1.84. The monoisotopic (exact) mass is 487 g/mol. The molecule has 7 nitrogen and oxygen atoms in total. The summed E-state index contributed by atoms with van der Waals surface area (Å²) >= 11 is 5.07. The van der Waals surface area contributed by atoms with Crippen molar-refractivity contribution in [1.29, 1.82) is 0 Å². The van der Waals surface area contributed by atoms with Crippen LogP contribution in [0.25, 0.3) is 0 Å². The van der Waals surface area contributed by atoms with Crippen LogP contribution in [-0.4, -0.2) is 63.5 Å². The van der Waals surface area contributed by atoms with Crippen LogP contribution in [0.5, 0.6) is 5.75 Å². The molecule has 28 heavy (non-hydrogen) atoms. The minimum Gasteiger partial charge on any atom is -0.497 e. The van der Waals surface area contributed by atoms with Gasteiger partial charge >= 0.3 is 6.03 Å². The molecular weight excluding hydrogens is 466 g/mol. The molecule has 1 aliphatic rings. The molecule has 0 bridgehead atoms. The highest BCUT2D eigenvalue weighted by Gasteiger charge is 2.30. The van der Waals surface area contributed by atoms with Gasteiger partial charge < -0.3 is 15.0 Å². The zero-order valence-corrected chi connectivity index (χ0v) is 18.6. The minimum absolute atomic E-state index is 0.155. The quantitative estimate of drug-likeness (QED) is 0.679. The van der Waals surface area contributed by atoms with E-state index in [1.54, 1.807) is 28.4 Å². The lowest BCUT2D eigenvalue weighted by atomic mass is 10.3. The number of nitrogens with one attached hydrogen (secondary N) is 1. The Balaban J connectivity index is 1.49. The molecule has 1 fully saturated rings. The van der Waals surface area contributed by atoms with Gasteiger partial charge in [-0.15, -0.1) is 11.3 Å². The lowest BCUT2D eigenvalue weighted by molar-refractivity contribution is 0.172. The molecule has 0 saturated carbocycles. The van der Waals surface area contributed by atoms with Gasteiger partial charge in [-0.05, 0) is 58.7 Å². The number of urea groups is 1. The van der Waals surface area contributed by atoms with E-state index in [1.807, 2.05) is 12.1 Å². The number of ether oxygens (including phenoxy) is 1. The van der Waals surface area contributed by atoms with Gasteiger partial charge in [-0.25, -0.2) is 13.2 Å². The molecule has 10 heteroatoms. The van der Waals surface area contributed by atoms with E-state index in [0.29, 0.717) is 25.4 Å². The van der Waals surface area contributed by atoms with Crippen LogP contribution in [-0.2, 0) is 16.4 Å². The Kier molecular flexibility index (Phi) is 6.97. The lowest BCUT2D eigenvalue weighted by Crippen LogP contribution is -2.53. The highest BCUT2D eigenvalue weighted by molar-refractivity contribution is 9.11. The first kappa shape index (κ1) is 21.1. The molecule has 1 saturated heterocycles. The lowest BCUT2D eigenvalue weighted by Gasteiger charge is -2.34. The summed E-state index contributed by atoms with van der Waals surface area (Å²) in [6, 6.07) is 10.2. The molecule has 152 valence electrons. The van der Waals surface area contributed by atoms with E-state index < -0.39 is 10.0 Å². The van der Waals surface area contributed by atoms with Crippen LogP contribution in [0.2, 0.25) is 0 Å². The molecule has 2 amide bonds. The van der Waals surface area contributed by atoms with Gasteiger partial charge in [0.15, 0.2) is 0 Å². The van der Waals surface area contributed by atoms with Gasteiger partial charge in [0.05, 0.1) is 15.8 Å². The van der Waals surface area contributed by atoms with Gasteiger partial charge in [0, 0.05) is 37.6 Å². The van der Waals surface area contributed by atoms with E-state index in [1.165, 1.54) is 28.4 Å². The summed E-state index contributed by atoms with van der Waals surface area (Å²) in [4.78, 5) is 15.4. The number of halogens is 1. The van der Waals surface area contributed by atoms with Crippen molar-refractivity contribution in [1.82, 2.24) is 14.5 Å². The summed E-state index contributed by atoms with van der Waals surface area (Å²) in [6.07, 6.45) is 0.772. The van der Waals surface area contributed by atoms with Gasteiger partial charge in [-0.3, -0.25) is 0 Å². The standard InChI is InChI=1S/C18H22BrN3O4S2/c1-26-14-2-5-16(6-3-14)28(24,25)22-12-10-21(11-13-22)18(23)20-9-8-15-4-7-17(19)27-15/h2-7H,8-13H2,1H3,(H,20,23). The Morgan fingerprint density at radius 2 is 1.82 bits per heavy atom. The molecule has 0 spiro atoms. The smallest absolute Gasteiger partial charge is 0.317 e. The number of sulfonamides is 1. The zero-order chi connectivity index (χ0) is 20.1. The summed E-state index contributed by atoms with van der Waals surface area (Å²) in [5, 5.41) is 2.90. The number of hydrogen-bond acceptors (Lipinski definition) is 5. The molecule has 2 aromatic rings. The summed E-state index contributed by atoms with van der Waals surface area (Å²) < 4.78 is 33.1. The van der Waals surface area contributed by atoms with Gasteiger partial charge in [0.2, 0.25) is 10.0 Å². The number of piperazine rings is 1. The number of methoxy groups -OCH3 is 1. The molecule has 1 aromatic heterocycles. The number of hydrogen-bond donors (Lipinski definition) is 1. The van der Waals surface area contributed by atoms with E-state index in [-0.39, 0.29) is 24.0 Å². The van der Waals surface area contributed by atoms with Crippen LogP contribution in [0.15, 0.2) is 45.1 Å². The van der Waals surface area contributed by atoms with Crippen molar-refractivity contribution in [3.63, 3.8) is 0 Å². The number of carbonyl (C=O) groups is 1. The van der Waals surface area contributed by atoms with Crippen LogP contribution in [0.1, 0.15) is 4.88 Å². The van der Waals surface area contributed by atoms with Crippen molar-refractivity contribution in [2.24, 2.45) is 0 Å². The zero-order valence-electron chi connectivity index (χ0n) is 15.4. The first-order valence-electron chi connectivity index (χ1n) is 8.81. The molecule has 0 unspecified atom stereocenters. The third-order valence-electron chi connectivity index (χ3n) is 4.50. The Bertz CT molecular complexity index is 907. The molecule has 2 heterocycles. The predicted octanol–water partition coefficient (Wildman–Crippen LogP) is 2.78. The van der Waals surface area contributed by atoms with Crippen molar-refractivity contribution in [3.05, 3.63) is 45.1 Å². The molecule has 0 aliphatic carbocycles. The third kappa shape index (κ3) is 5.05. The molecule has 3 rings (SSSR count). The topological polar surface area (TPSA) is 79.0 Å². The molecule has 1 aromatic carbocycles. The summed E-state index contributed by atoms with van der Waals surface area (Å²) in [5.74, 6) is 0.607.